The zero-order valence-electron chi connectivity index (χ0n) is 30.5. The molecule has 50 heavy (non-hydrogen) atoms. The van der Waals surface area contributed by atoms with Gasteiger partial charge in [-0.2, -0.15) is 0 Å². The van der Waals surface area contributed by atoms with E-state index in [9.17, 15) is 24.3 Å². The molecule has 4 rings (SSSR count). The largest absolute Gasteiger partial charge is 0.455 e. The van der Waals surface area contributed by atoms with Crippen molar-refractivity contribution in [3.63, 3.8) is 0 Å². The molecule has 1 aromatic carbocycles. The number of amides is 3. The van der Waals surface area contributed by atoms with Crippen molar-refractivity contribution in [1.29, 1.82) is 0 Å². The SMILES string of the molecule is C=CCCC(=O)N(C)[C@H](C)[C@H](OC(=O)[C@H]1[C@@H]2O[C@@]3(CC2Br)[C@@H]1C(=O)N([C@@H](CO)CC(C)C)[C@@H]3C(=O)N(CC=C)C(C)CCC)c1ccccc1. The summed E-state index contributed by atoms with van der Waals surface area (Å²) in [5.74, 6) is -3.26. The summed E-state index contributed by atoms with van der Waals surface area (Å²) in [6, 6.07) is 6.90. The Morgan fingerprint density at radius 1 is 1.16 bits per heavy atom. The number of rotatable bonds is 18. The van der Waals surface area contributed by atoms with Gasteiger partial charge in [-0.25, -0.2) is 0 Å². The fourth-order valence-corrected chi connectivity index (χ4v) is 9.25. The molecule has 1 aromatic rings. The fraction of sp³-hybridized carbons (Fsp3) is 0.641. The van der Waals surface area contributed by atoms with E-state index in [0.29, 0.717) is 24.8 Å². The Kier molecular flexibility index (Phi) is 13.5. The maximum atomic E-state index is 14.8. The number of allylic oxidation sites excluding steroid dienone is 1. The first-order valence-electron chi connectivity index (χ1n) is 18.1. The van der Waals surface area contributed by atoms with Crippen LogP contribution in [0.2, 0.25) is 0 Å². The molecule has 276 valence electrons. The second-order valence-electron chi connectivity index (χ2n) is 14.6. The van der Waals surface area contributed by atoms with Gasteiger partial charge in [-0.05, 0) is 51.0 Å². The van der Waals surface area contributed by atoms with Crippen molar-refractivity contribution in [2.24, 2.45) is 17.8 Å². The standard InChI is InChI=1S/C39H56BrN3O7/c1-9-12-19-30(45)41(8)26(7)33(27-17-14-13-15-18-27)49-38(48)31-32-36(46)43(28(23-44)21-24(4)5)35(39(32)22-29(40)34(31)50-39)37(47)42(20-11-3)25(6)16-10-2/h9,11,13-15,17-18,24-26,28-29,31-35,44H,1,3,10,12,16,19-23H2,2,4-8H3/t25?,26-,28-,29?,31-,32+,33+,34-,35-,39+/m1/s1. The van der Waals surface area contributed by atoms with Crippen LogP contribution in [-0.4, -0.2) is 104 Å². The summed E-state index contributed by atoms with van der Waals surface area (Å²) in [7, 11) is 1.69. The number of hydrogen-bond acceptors (Lipinski definition) is 7. The Bertz CT molecular complexity index is 1390. The quantitative estimate of drug-likeness (QED) is 0.120. The number of esters is 1. The molecule has 2 bridgehead atoms. The number of likely N-dealkylation sites (tertiary alicyclic amines) is 1. The molecule has 3 fully saturated rings. The van der Waals surface area contributed by atoms with E-state index in [0.717, 1.165) is 12.8 Å². The molecular formula is C39H56BrN3O7. The molecule has 3 aliphatic heterocycles. The Morgan fingerprint density at radius 2 is 1.84 bits per heavy atom. The molecule has 0 aromatic heterocycles. The van der Waals surface area contributed by atoms with Gasteiger partial charge in [0.15, 0.2) is 0 Å². The van der Waals surface area contributed by atoms with Gasteiger partial charge in [0, 0.05) is 30.9 Å². The minimum atomic E-state index is -1.31. The van der Waals surface area contributed by atoms with Crippen LogP contribution in [0.5, 0.6) is 0 Å². The molecular weight excluding hydrogens is 702 g/mol. The van der Waals surface area contributed by atoms with E-state index in [1.807, 2.05) is 58.0 Å². The molecule has 3 saturated heterocycles. The summed E-state index contributed by atoms with van der Waals surface area (Å²) >= 11 is 3.76. The third-order valence-electron chi connectivity index (χ3n) is 10.8. The van der Waals surface area contributed by atoms with Crippen molar-refractivity contribution in [2.75, 3.05) is 20.2 Å². The number of hydrogen-bond donors (Lipinski definition) is 1. The monoisotopic (exact) mass is 757 g/mol. The zero-order chi connectivity index (χ0) is 36.9. The molecule has 0 radical (unpaired) electrons. The number of carbonyl (C=O) groups excluding carboxylic acids is 4. The maximum Gasteiger partial charge on any atom is 0.313 e. The highest BCUT2D eigenvalue weighted by atomic mass is 79.9. The number of aliphatic hydroxyl groups excluding tert-OH is 1. The lowest BCUT2D eigenvalue weighted by molar-refractivity contribution is -0.165. The van der Waals surface area contributed by atoms with Crippen LogP contribution in [0, 0.1) is 17.8 Å². The molecule has 3 amide bonds. The number of nitrogens with zero attached hydrogens (tertiary/aromatic N) is 3. The first-order chi connectivity index (χ1) is 23.8. The Morgan fingerprint density at radius 3 is 2.42 bits per heavy atom. The molecule has 0 aliphatic carbocycles. The lowest BCUT2D eigenvalue weighted by Crippen LogP contribution is -2.60. The van der Waals surface area contributed by atoms with Gasteiger partial charge in [-0.15, -0.1) is 13.2 Å². The van der Waals surface area contributed by atoms with Crippen molar-refractivity contribution in [3.8, 4) is 0 Å². The van der Waals surface area contributed by atoms with Gasteiger partial charge in [-0.3, -0.25) is 19.2 Å². The molecule has 1 N–H and O–H groups in total. The van der Waals surface area contributed by atoms with Crippen molar-refractivity contribution in [1.82, 2.24) is 14.7 Å². The first kappa shape index (κ1) is 39.8. The summed E-state index contributed by atoms with van der Waals surface area (Å²) < 4.78 is 13.1. The molecule has 2 unspecified atom stereocenters. The van der Waals surface area contributed by atoms with Crippen LogP contribution in [0.3, 0.4) is 0 Å². The van der Waals surface area contributed by atoms with Gasteiger partial charge < -0.3 is 29.3 Å². The highest BCUT2D eigenvalue weighted by Gasteiger charge is 2.77. The van der Waals surface area contributed by atoms with E-state index in [-0.39, 0.29) is 54.1 Å². The summed E-state index contributed by atoms with van der Waals surface area (Å²) in [4.78, 5) is 61.8. The Hall–Kier alpha value is -3.02. The smallest absolute Gasteiger partial charge is 0.313 e. The highest BCUT2D eigenvalue weighted by molar-refractivity contribution is 9.09. The zero-order valence-corrected chi connectivity index (χ0v) is 32.1. The van der Waals surface area contributed by atoms with E-state index in [2.05, 4.69) is 36.0 Å². The van der Waals surface area contributed by atoms with E-state index in [4.69, 9.17) is 9.47 Å². The van der Waals surface area contributed by atoms with Gasteiger partial charge >= 0.3 is 5.97 Å². The maximum absolute atomic E-state index is 14.8. The van der Waals surface area contributed by atoms with Gasteiger partial charge in [0.1, 0.15) is 17.7 Å². The molecule has 0 saturated carbocycles. The molecule has 11 heteroatoms. The lowest BCUT2D eigenvalue weighted by Gasteiger charge is -2.41. The highest BCUT2D eigenvalue weighted by Crippen LogP contribution is 2.61. The lowest BCUT2D eigenvalue weighted by atomic mass is 9.70. The third kappa shape index (κ3) is 7.60. The normalized spacial score (nSPS) is 27.7. The van der Waals surface area contributed by atoms with E-state index in [1.165, 1.54) is 4.90 Å². The summed E-state index contributed by atoms with van der Waals surface area (Å²) in [5, 5.41) is 10.7. The number of aliphatic hydroxyl groups is 1. The molecule has 10 atom stereocenters. The average molecular weight is 759 g/mol. The van der Waals surface area contributed by atoms with Crippen LogP contribution in [0.1, 0.15) is 84.8 Å². The first-order valence-corrected chi connectivity index (χ1v) is 19.0. The van der Waals surface area contributed by atoms with E-state index < -0.39 is 53.7 Å². The Labute approximate surface area is 306 Å². The number of fused-ring (bicyclic) bond motifs is 1. The second kappa shape index (κ2) is 17.0. The second-order valence-corrected chi connectivity index (χ2v) is 15.8. The topological polar surface area (TPSA) is 117 Å². The third-order valence-corrected chi connectivity index (χ3v) is 11.6. The van der Waals surface area contributed by atoms with Crippen LogP contribution in [0.25, 0.3) is 0 Å². The van der Waals surface area contributed by atoms with Gasteiger partial charge in [0.25, 0.3) is 0 Å². The Balaban J connectivity index is 1.77. The minimum absolute atomic E-state index is 0.110. The van der Waals surface area contributed by atoms with Gasteiger partial charge in [0.2, 0.25) is 17.7 Å². The average Bonchev–Trinajstić information content (AvgIpc) is 3.69. The summed E-state index contributed by atoms with van der Waals surface area (Å²) in [6.45, 7) is 17.5. The minimum Gasteiger partial charge on any atom is -0.455 e. The fourth-order valence-electron chi connectivity index (χ4n) is 8.31. The molecule has 10 nitrogen and oxygen atoms in total. The molecule has 3 heterocycles. The van der Waals surface area contributed by atoms with Crippen LogP contribution >= 0.6 is 15.9 Å². The predicted molar refractivity (Wildman–Crippen MR) is 196 cm³/mol. The number of carbonyl (C=O) groups is 4. The number of benzene rings is 1. The van der Waals surface area contributed by atoms with Crippen LogP contribution < -0.4 is 0 Å². The molecule has 3 aliphatic rings. The number of ether oxygens (including phenoxy) is 2. The summed E-state index contributed by atoms with van der Waals surface area (Å²) in [6.07, 6.45) is 5.05. The predicted octanol–water partition coefficient (Wildman–Crippen LogP) is 5.44. The number of likely N-dealkylation sites (N-methyl/N-ethyl adjacent to an activating group) is 1. The van der Waals surface area contributed by atoms with Crippen LogP contribution in [0.4, 0.5) is 0 Å². The van der Waals surface area contributed by atoms with Crippen molar-refractivity contribution >= 4 is 39.6 Å². The van der Waals surface area contributed by atoms with E-state index in [1.54, 1.807) is 29.0 Å². The van der Waals surface area contributed by atoms with E-state index >= 15 is 0 Å². The van der Waals surface area contributed by atoms with Gasteiger partial charge in [0.05, 0.1) is 36.6 Å². The number of alkyl halides is 1. The number of halogens is 1. The molecule has 1 spiro atoms. The van der Waals surface area contributed by atoms with Gasteiger partial charge in [-0.1, -0.05) is 85.6 Å². The summed E-state index contributed by atoms with van der Waals surface area (Å²) in [5.41, 5.74) is -0.599. The van der Waals surface area contributed by atoms with Crippen molar-refractivity contribution in [3.05, 3.63) is 61.2 Å². The van der Waals surface area contributed by atoms with Crippen molar-refractivity contribution < 1.29 is 33.8 Å². The van der Waals surface area contributed by atoms with Crippen LogP contribution in [0.15, 0.2) is 55.6 Å². The van der Waals surface area contributed by atoms with Crippen LogP contribution in [-0.2, 0) is 28.7 Å². The van der Waals surface area contributed by atoms with Crippen molar-refractivity contribution in [2.45, 2.75) is 120 Å².